The number of hydrogen-bond acceptors (Lipinski definition) is 5. The van der Waals surface area contributed by atoms with Gasteiger partial charge in [-0.2, -0.15) is 0 Å². The Morgan fingerprint density at radius 2 is 1.83 bits per heavy atom. The fraction of sp³-hybridized carbons (Fsp3) is 0.923. The maximum Gasteiger partial charge on any atom is 0.508 e. The molecule has 0 fully saturated rings. The van der Waals surface area contributed by atoms with Crippen LogP contribution in [0.3, 0.4) is 0 Å². The smallest absolute Gasteiger partial charge is 0.435 e. The average molecular weight is 262 g/mol. The van der Waals surface area contributed by atoms with E-state index in [0.717, 1.165) is 25.9 Å². The predicted octanol–water partition coefficient (Wildman–Crippen LogP) is 2.77. The largest absolute Gasteiger partial charge is 0.508 e. The Hall–Kier alpha value is -0.810. The van der Waals surface area contributed by atoms with Crippen molar-refractivity contribution in [3.05, 3.63) is 0 Å². The van der Waals surface area contributed by atoms with Gasteiger partial charge >= 0.3 is 6.16 Å². The highest BCUT2D eigenvalue weighted by Crippen LogP contribution is 2.01. The van der Waals surface area contributed by atoms with Gasteiger partial charge in [0.15, 0.2) is 0 Å². The standard InChI is InChI=1S/C13H26O5/c1-4-7-8-17-12(5-2)11-15-9-10-18-13(14)16-6-3/h12H,4-11H2,1-3H3. The topological polar surface area (TPSA) is 54.0 Å². The zero-order chi connectivity index (χ0) is 13.6. The fourth-order valence-electron chi connectivity index (χ4n) is 1.24. The Labute approximate surface area is 110 Å². The minimum Gasteiger partial charge on any atom is -0.435 e. The van der Waals surface area contributed by atoms with Gasteiger partial charge in [-0.15, -0.1) is 0 Å². The van der Waals surface area contributed by atoms with Gasteiger partial charge < -0.3 is 18.9 Å². The Balaban J connectivity index is 3.41. The van der Waals surface area contributed by atoms with Crippen LogP contribution in [-0.4, -0.2) is 45.3 Å². The van der Waals surface area contributed by atoms with Gasteiger partial charge in [0, 0.05) is 6.61 Å². The summed E-state index contributed by atoms with van der Waals surface area (Å²) in [6.07, 6.45) is 2.60. The average Bonchev–Trinajstić information content (AvgIpc) is 2.36. The molecule has 0 aromatic heterocycles. The number of unbranched alkanes of at least 4 members (excludes halogenated alkanes) is 1. The summed E-state index contributed by atoms with van der Waals surface area (Å²) >= 11 is 0. The monoisotopic (exact) mass is 262 g/mol. The summed E-state index contributed by atoms with van der Waals surface area (Å²) in [6.45, 7) is 8.14. The third-order valence-electron chi connectivity index (χ3n) is 2.32. The fourth-order valence-corrected chi connectivity index (χ4v) is 1.24. The second-order valence-corrected chi connectivity index (χ2v) is 3.86. The first-order valence-electron chi connectivity index (χ1n) is 6.73. The minimum atomic E-state index is -0.646. The lowest BCUT2D eigenvalue weighted by Gasteiger charge is -2.16. The second-order valence-electron chi connectivity index (χ2n) is 3.86. The molecule has 0 bridgehead atoms. The summed E-state index contributed by atoms with van der Waals surface area (Å²) in [5.74, 6) is 0. The SMILES string of the molecule is CCCCOC(CC)COCCOC(=O)OCC. The maximum atomic E-state index is 10.8. The Morgan fingerprint density at radius 3 is 2.44 bits per heavy atom. The molecule has 0 heterocycles. The van der Waals surface area contributed by atoms with E-state index < -0.39 is 6.16 Å². The van der Waals surface area contributed by atoms with E-state index in [2.05, 4.69) is 18.6 Å². The molecule has 0 saturated heterocycles. The van der Waals surface area contributed by atoms with Crippen molar-refractivity contribution in [2.75, 3.05) is 33.0 Å². The van der Waals surface area contributed by atoms with Gasteiger partial charge in [-0.25, -0.2) is 4.79 Å². The van der Waals surface area contributed by atoms with Crippen LogP contribution in [0.4, 0.5) is 4.79 Å². The van der Waals surface area contributed by atoms with Crippen LogP contribution in [0.25, 0.3) is 0 Å². The lowest BCUT2D eigenvalue weighted by atomic mass is 10.3. The molecule has 18 heavy (non-hydrogen) atoms. The van der Waals surface area contributed by atoms with Crippen molar-refractivity contribution in [3.63, 3.8) is 0 Å². The molecule has 0 aromatic rings. The highest BCUT2D eigenvalue weighted by molar-refractivity contribution is 5.59. The molecule has 0 radical (unpaired) electrons. The summed E-state index contributed by atoms with van der Waals surface area (Å²) in [6, 6.07) is 0. The predicted molar refractivity (Wildman–Crippen MR) is 68.7 cm³/mol. The van der Waals surface area contributed by atoms with Crippen LogP contribution in [-0.2, 0) is 18.9 Å². The summed E-state index contributed by atoms with van der Waals surface area (Å²) in [5.41, 5.74) is 0. The molecule has 108 valence electrons. The van der Waals surface area contributed by atoms with Crippen molar-refractivity contribution >= 4 is 6.16 Å². The van der Waals surface area contributed by atoms with Crippen LogP contribution in [0, 0.1) is 0 Å². The van der Waals surface area contributed by atoms with E-state index in [1.54, 1.807) is 6.92 Å². The van der Waals surface area contributed by atoms with E-state index in [9.17, 15) is 4.79 Å². The van der Waals surface area contributed by atoms with Crippen LogP contribution >= 0.6 is 0 Å². The molecule has 0 spiro atoms. The molecule has 0 aliphatic carbocycles. The maximum absolute atomic E-state index is 10.8. The minimum absolute atomic E-state index is 0.124. The summed E-state index contributed by atoms with van der Waals surface area (Å²) in [5, 5.41) is 0. The van der Waals surface area contributed by atoms with E-state index >= 15 is 0 Å². The van der Waals surface area contributed by atoms with Crippen molar-refractivity contribution in [2.24, 2.45) is 0 Å². The zero-order valence-corrected chi connectivity index (χ0v) is 11.8. The van der Waals surface area contributed by atoms with E-state index in [-0.39, 0.29) is 12.7 Å². The van der Waals surface area contributed by atoms with Crippen LogP contribution in [0.15, 0.2) is 0 Å². The van der Waals surface area contributed by atoms with Gasteiger partial charge in [0.25, 0.3) is 0 Å². The van der Waals surface area contributed by atoms with Gasteiger partial charge in [0.05, 0.1) is 25.9 Å². The lowest BCUT2D eigenvalue weighted by molar-refractivity contribution is -0.0317. The number of ether oxygens (including phenoxy) is 4. The van der Waals surface area contributed by atoms with Crippen LogP contribution in [0.1, 0.15) is 40.0 Å². The third-order valence-corrected chi connectivity index (χ3v) is 2.32. The number of rotatable bonds is 11. The summed E-state index contributed by atoms with van der Waals surface area (Å²) in [4.78, 5) is 10.8. The molecular formula is C13H26O5. The van der Waals surface area contributed by atoms with Gasteiger partial charge in [-0.05, 0) is 19.8 Å². The first kappa shape index (κ1) is 17.2. The van der Waals surface area contributed by atoms with Crippen LogP contribution in [0.5, 0.6) is 0 Å². The molecule has 0 aromatic carbocycles. The van der Waals surface area contributed by atoms with E-state index in [4.69, 9.17) is 14.2 Å². The molecule has 0 aliphatic rings. The van der Waals surface area contributed by atoms with Crippen molar-refractivity contribution < 1.29 is 23.7 Å². The van der Waals surface area contributed by atoms with Crippen molar-refractivity contribution in [2.45, 2.75) is 46.1 Å². The molecule has 0 amide bonds. The van der Waals surface area contributed by atoms with Gasteiger partial charge in [0.2, 0.25) is 0 Å². The normalized spacial score (nSPS) is 12.2. The van der Waals surface area contributed by atoms with Crippen molar-refractivity contribution in [1.29, 1.82) is 0 Å². The number of hydrogen-bond donors (Lipinski definition) is 0. The van der Waals surface area contributed by atoms with Crippen LogP contribution in [0.2, 0.25) is 0 Å². The number of carbonyl (C=O) groups is 1. The highest BCUT2D eigenvalue weighted by atomic mass is 16.7. The van der Waals surface area contributed by atoms with Crippen molar-refractivity contribution in [1.82, 2.24) is 0 Å². The first-order valence-corrected chi connectivity index (χ1v) is 6.73. The van der Waals surface area contributed by atoms with E-state index in [0.29, 0.717) is 19.8 Å². The van der Waals surface area contributed by atoms with E-state index in [1.807, 2.05) is 0 Å². The van der Waals surface area contributed by atoms with Gasteiger partial charge in [-0.1, -0.05) is 20.3 Å². The molecule has 5 nitrogen and oxygen atoms in total. The summed E-state index contributed by atoms with van der Waals surface area (Å²) in [7, 11) is 0. The number of carbonyl (C=O) groups excluding carboxylic acids is 1. The molecule has 1 atom stereocenters. The molecular weight excluding hydrogens is 236 g/mol. The van der Waals surface area contributed by atoms with Crippen LogP contribution < -0.4 is 0 Å². The highest BCUT2D eigenvalue weighted by Gasteiger charge is 2.07. The quantitative estimate of drug-likeness (QED) is 0.423. The summed E-state index contributed by atoms with van der Waals surface area (Å²) < 4.78 is 20.4. The molecule has 1 unspecified atom stereocenters. The Kier molecular flexibility index (Phi) is 12.1. The second kappa shape index (κ2) is 12.6. The third kappa shape index (κ3) is 10.4. The Bertz CT molecular complexity index is 196. The lowest BCUT2D eigenvalue weighted by Crippen LogP contribution is -2.21. The first-order chi connectivity index (χ1) is 8.74. The zero-order valence-electron chi connectivity index (χ0n) is 11.8. The Morgan fingerprint density at radius 1 is 1.06 bits per heavy atom. The molecule has 0 rings (SSSR count). The molecule has 5 heteroatoms. The molecule has 0 aliphatic heterocycles. The molecule has 0 saturated carbocycles. The van der Waals surface area contributed by atoms with E-state index in [1.165, 1.54) is 0 Å². The van der Waals surface area contributed by atoms with Gasteiger partial charge in [0.1, 0.15) is 6.61 Å². The van der Waals surface area contributed by atoms with Gasteiger partial charge in [-0.3, -0.25) is 0 Å². The molecule has 0 N–H and O–H groups in total. The van der Waals surface area contributed by atoms with Crippen molar-refractivity contribution in [3.8, 4) is 0 Å².